The number of halogens is 1. The maximum Gasteiger partial charge on any atom is 0.0730 e. The van der Waals surface area contributed by atoms with Gasteiger partial charge in [0.05, 0.1) is 12.7 Å². The summed E-state index contributed by atoms with van der Waals surface area (Å²) in [4.78, 5) is 2.62. The Kier molecular flexibility index (Phi) is 5.33. The van der Waals surface area contributed by atoms with Gasteiger partial charge in [0.15, 0.2) is 0 Å². The molecular weight excluding hydrogens is 328 g/mol. The minimum atomic E-state index is 0.118. The molecule has 21 heavy (non-hydrogen) atoms. The molecule has 1 aliphatic carbocycles. The van der Waals surface area contributed by atoms with E-state index in [0.717, 1.165) is 30.6 Å². The fourth-order valence-corrected chi connectivity index (χ4v) is 4.08. The maximum absolute atomic E-state index is 6.37. The zero-order valence-electron chi connectivity index (χ0n) is 12.5. The van der Waals surface area contributed by atoms with Crippen LogP contribution in [-0.4, -0.2) is 36.7 Å². The van der Waals surface area contributed by atoms with Crippen LogP contribution in [0.25, 0.3) is 0 Å². The molecule has 4 heteroatoms. The third-order valence-electron chi connectivity index (χ3n) is 4.85. The van der Waals surface area contributed by atoms with Gasteiger partial charge in [0.2, 0.25) is 0 Å². The normalized spacial score (nSPS) is 28.1. The van der Waals surface area contributed by atoms with Gasteiger partial charge in [0.1, 0.15) is 0 Å². The molecule has 0 radical (unpaired) electrons. The number of rotatable bonds is 4. The molecule has 0 aromatic heterocycles. The standard InChI is InChI=1S/C17H25BrN2O/c18-14-5-3-4-13(12-14)15(19)8-9-20-10-11-21-17-7-2-1-6-16(17)20/h3-5,12,15-17H,1-2,6-11,19H2. The van der Waals surface area contributed by atoms with E-state index < -0.39 is 0 Å². The summed E-state index contributed by atoms with van der Waals surface area (Å²) in [6, 6.07) is 9.11. The Morgan fingerprint density at radius 3 is 3.05 bits per heavy atom. The van der Waals surface area contributed by atoms with Gasteiger partial charge in [0.25, 0.3) is 0 Å². The smallest absolute Gasteiger partial charge is 0.0730 e. The highest BCUT2D eigenvalue weighted by Crippen LogP contribution is 2.29. The van der Waals surface area contributed by atoms with E-state index in [1.54, 1.807) is 0 Å². The summed E-state index contributed by atoms with van der Waals surface area (Å²) in [7, 11) is 0. The molecule has 2 fully saturated rings. The van der Waals surface area contributed by atoms with Crippen molar-refractivity contribution in [3.8, 4) is 0 Å². The predicted molar refractivity (Wildman–Crippen MR) is 89.3 cm³/mol. The quantitative estimate of drug-likeness (QED) is 0.901. The largest absolute Gasteiger partial charge is 0.375 e. The number of fused-ring (bicyclic) bond motifs is 1. The van der Waals surface area contributed by atoms with Crippen molar-refractivity contribution in [3.63, 3.8) is 0 Å². The molecule has 116 valence electrons. The Morgan fingerprint density at radius 1 is 1.33 bits per heavy atom. The molecule has 3 unspecified atom stereocenters. The molecule has 1 heterocycles. The number of hydrogen-bond donors (Lipinski definition) is 1. The van der Waals surface area contributed by atoms with E-state index in [9.17, 15) is 0 Å². The molecule has 1 aliphatic heterocycles. The molecule has 3 nitrogen and oxygen atoms in total. The highest BCUT2D eigenvalue weighted by Gasteiger charge is 2.33. The Morgan fingerprint density at radius 2 is 2.19 bits per heavy atom. The Labute approximate surface area is 136 Å². The highest BCUT2D eigenvalue weighted by atomic mass is 79.9. The number of ether oxygens (including phenoxy) is 1. The van der Waals surface area contributed by atoms with Crippen LogP contribution in [0.4, 0.5) is 0 Å². The zero-order valence-corrected chi connectivity index (χ0v) is 14.1. The number of hydrogen-bond acceptors (Lipinski definition) is 3. The van der Waals surface area contributed by atoms with Crippen molar-refractivity contribution in [2.24, 2.45) is 5.73 Å². The first-order valence-corrected chi connectivity index (χ1v) is 8.90. The van der Waals surface area contributed by atoms with Gasteiger partial charge >= 0.3 is 0 Å². The Balaban J connectivity index is 1.56. The third kappa shape index (κ3) is 3.86. The van der Waals surface area contributed by atoms with Gasteiger partial charge in [-0.15, -0.1) is 0 Å². The van der Waals surface area contributed by atoms with E-state index in [4.69, 9.17) is 10.5 Å². The van der Waals surface area contributed by atoms with E-state index in [-0.39, 0.29) is 6.04 Å². The van der Waals surface area contributed by atoms with Gasteiger partial charge in [0, 0.05) is 29.6 Å². The van der Waals surface area contributed by atoms with E-state index in [2.05, 4.69) is 39.0 Å². The minimum absolute atomic E-state index is 0.118. The molecule has 1 aromatic rings. The predicted octanol–water partition coefficient (Wildman–Crippen LogP) is 3.48. The Bertz CT molecular complexity index is 466. The summed E-state index contributed by atoms with van der Waals surface area (Å²) < 4.78 is 7.05. The van der Waals surface area contributed by atoms with Crippen LogP contribution in [0, 0.1) is 0 Å². The topological polar surface area (TPSA) is 38.5 Å². The molecule has 3 rings (SSSR count). The Hall–Kier alpha value is -0.420. The second-order valence-electron chi connectivity index (χ2n) is 6.25. The first-order chi connectivity index (χ1) is 10.2. The molecule has 1 saturated carbocycles. The van der Waals surface area contributed by atoms with Gasteiger partial charge < -0.3 is 10.5 Å². The van der Waals surface area contributed by atoms with Crippen molar-refractivity contribution in [2.75, 3.05) is 19.7 Å². The van der Waals surface area contributed by atoms with E-state index >= 15 is 0 Å². The van der Waals surface area contributed by atoms with Crippen molar-refractivity contribution in [3.05, 3.63) is 34.3 Å². The number of nitrogens with two attached hydrogens (primary N) is 1. The van der Waals surface area contributed by atoms with Crippen LogP contribution in [0.2, 0.25) is 0 Å². The molecule has 3 atom stereocenters. The molecule has 0 amide bonds. The summed E-state index contributed by atoms with van der Waals surface area (Å²) in [5, 5.41) is 0. The van der Waals surface area contributed by atoms with Crippen molar-refractivity contribution in [1.82, 2.24) is 4.90 Å². The van der Waals surface area contributed by atoms with Crippen LogP contribution in [-0.2, 0) is 4.74 Å². The third-order valence-corrected chi connectivity index (χ3v) is 5.34. The van der Waals surface area contributed by atoms with Crippen molar-refractivity contribution < 1.29 is 4.74 Å². The first-order valence-electron chi connectivity index (χ1n) is 8.11. The SMILES string of the molecule is NC(CCN1CCOC2CCCCC21)c1cccc(Br)c1. The molecule has 1 saturated heterocycles. The van der Waals surface area contributed by atoms with Crippen LogP contribution in [0.15, 0.2) is 28.7 Å². The zero-order chi connectivity index (χ0) is 14.7. The van der Waals surface area contributed by atoms with Gasteiger partial charge in [-0.05, 0) is 37.0 Å². The first kappa shape index (κ1) is 15.5. The minimum Gasteiger partial charge on any atom is -0.375 e. The maximum atomic E-state index is 6.37. The average molecular weight is 353 g/mol. The van der Waals surface area contributed by atoms with Gasteiger partial charge in [-0.25, -0.2) is 0 Å². The lowest BCUT2D eigenvalue weighted by atomic mass is 9.90. The lowest BCUT2D eigenvalue weighted by Gasteiger charge is -2.44. The second-order valence-corrected chi connectivity index (χ2v) is 7.16. The number of morpholine rings is 1. The second kappa shape index (κ2) is 7.23. The van der Waals surface area contributed by atoms with E-state index in [1.165, 1.54) is 31.2 Å². The van der Waals surface area contributed by atoms with Crippen LogP contribution in [0.1, 0.15) is 43.7 Å². The van der Waals surface area contributed by atoms with Crippen molar-refractivity contribution in [2.45, 2.75) is 50.3 Å². The fraction of sp³-hybridized carbons (Fsp3) is 0.647. The summed E-state index contributed by atoms with van der Waals surface area (Å²) >= 11 is 3.52. The van der Waals surface area contributed by atoms with Gasteiger partial charge in [-0.3, -0.25) is 4.90 Å². The monoisotopic (exact) mass is 352 g/mol. The van der Waals surface area contributed by atoms with Gasteiger partial charge in [-0.1, -0.05) is 40.9 Å². The van der Waals surface area contributed by atoms with Crippen molar-refractivity contribution >= 4 is 15.9 Å². The summed E-state index contributed by atoms with van der Waals surface area (Å²) in [6.07, 6.45) is 6.68. The van der Waals surface area contributed by atoms with Crippen LogP contribution in [0.3, 0.4) is 0 Å². The van der Waals surface area contributed by atoms with Crippen LogP contribution < -0.4 is 5.73 Å². The van der Waals surface area contributed by atoms with Crippen molar-refractivity contribution in [1.29, 1.82) is 0 Å². The number of benzene rings is 1. The number of nitrogens with zero attached hydrogens (tertiary/aromatic N) is 1. The lowest BCUT2D eigenvalue weighted by Crippen LogP contribution is -2.53. The van der Waals surface area contributed by atoms with Crippen LogP contribution >= 0.6 is 15.9 Å². The summed E-state index contributed by atoms with van der Waals surface area (Å²) in [5.41, 5.74) is 7.59. The molecular formula is C17H25BrN2O. The lowest BCUT2D eigenvalue weighted by molar-refractivity contribution is -0.0885. The molecule has 0 spiro atoms. The van der Waals surface area contributed by atoms with Crippen LogP contribution in [0.5, 0.6) is 0 Å². The summed E-state index contributed by atoms with van der Waals surface area (Å²) in [5.74, 6) is 0. The molecule has 2 N–H and O–H groups in total. The average Bonchev–Trinajstić information content (AvgIpc) is 2.52. The van der Waals surface area contributed by atoms with Gasteiger partial charge in [-0.2, -0.15) is 0 Å². The highest BCUT2D eigenvalue weighted by molar-refractivity contribution is 9.10. The fourth-order valence-electron chi connectivity index (χ4n) is 3.66. The van der Waals surface area contributed by atoms with E-state index in [0.29, 0.717) is 12.1 Å². The summed E-state index contributed by atoms with van der Waals surface area (Å²) in [6.45, 7) is 3.03. The van der Waals surface area contributed by atoms with E-state index in [1.807, 2.05) is 6.07 Å². The molecule has 1 aromatic carbocycles. The molecule has 0 bridgehead atoms. The molecule has 2 aliphatic rings.